The molecule has 0 radical (unpaired) electrons. The maximum atomic E-state index is 12.9. The number of benzene rings is 2. The highest BCUT2D eigenvalue weighted by Crippen LogP contribution is 2.36. The summed E-state index contributed by atoms with van der Waals surface area (Å²) in [5, 5.41) is 14.3. The van der Waals surface area contributed by atoms with Gasteiger partial charge in [-0.2, -0.15) is 0 Å². The molecule has 1 heterocycles. The number of hydrogen-bond acceptors (Lipinski definition) is 7. The van der Waals surface area contributed by atoms with Crippen molar-refractivity contribution in [2.24, 2.45) is 0 Å². The van der Waals surface area contributed by atoms with Gasteiger partial charge in [0.1, 0.15) is 12.2 Å². The average molecular weight is 443 g/mol. The van der Waals surface area contributed by atoms with Crippen LogP contribution in [0.5, 0.6) is 11.5 Å². The molecule has 0 fully saturated rings. The summed E-state index contributed by atoms with van der Waals surface area (Å²) in [4.78, 5) is 37.4. The number of amides is 2. The highest BCUT2D eigenvalue weighted by molar-refractivity contribution is 6.08. The molecular formula is C22H25N3O7. The zero-order valence-electron chi connectivity index (χ0n) is 18.2. The fourth-order valence-electron chi connectivity index (χ4n) is 3.59. The van der Waals surface area contributed by atoms with Crippen molar-refractivity contribution in [3.8, 4) is 11.5 Å². The van der Waals surface area contributed by atoms with Gasteiger partial charge in [-0.05, 0) is 36.6 Å². The molecule has 170 valence electrons. The van der Waals surface area contributed by atoms with E-state index in [1.165, 1.54) is 33.3 Å². The second-order valence-corrected chi connectivity index (χ2v) is 7.19. The SMILES string of the molecule is COCCOc1cc([N+](=O)[O-])c(C(=O)Nc2ccc3c(c2)CCCN3C(C)=O)cc1OC. The van der Waals surface area contributed by atoms with Crippen molar-refractivity contribution in [2.75, 3.05) is 44.2 Å². The largest absolute Gasteiger partial charge is 0.493 e. The molecule has 0 atom stereocenters. The minimum absolute atomic E-state index is 0.0433. The van der Waals surface area contributed by atoms with Gasteiger partial charge in [-0.3, -0.25) is 19.7 Å². The van der Waals surface area contributed by atoms with E-state index < -0.39 is 16.5 Å². The van der Waals surface area contributed by atoms with Crippen molar-refractivity contribution in [1.29, 1.82) is 0 Å². The van der Waals surface area contributed by atoms with Gasteiger partial charge in [0.05, 0.1) is 24.7 Å². The van der Waals surface area contributed by atoms with Gasteiger partial charge >= 0.3 is 0 Å². The van der Waals surface area contributed by atoms with E-state index in [1.807, 2.05) is 0 Å². The predicted molar refractivity (Wildman–Crippen MR) is 118 cm³/mol. The predicted octanol–water partition coefficient (Wildman–Crippen LogP) is 3.18. The molecule has 1 aliphatic rings. The van der Waals surface area contributed by atoms with Crippen LogP contribution >= 0.6 is 0 Å². The molecule has 2 aromatic carbocycles. The summed E-state index contributed by atoms with van der Waals surface area (Å²) < 4.78 is 15.7. The quantitative estimate of drug-likeness (QED) is 0.378. The molecule has 2 aromatic rings. The van der Waals surface area contributed by atoms with Crippen LogP contribution in [0.4, 0.5) is 17.1 Å². The molecule has 2 amide bonds. The number of ether oxygens (including phenoxy) is 3. The third kappa shape index (κ3) is 4.97. The molecule has 3 rings (SSSR count). The van der Waals surface area contributed by atoms with Crippen LogP contribution < -0.4 is 19.7 Å². The van der Waals surface area contributed by atoms with Gasteiger partial charge in [0, 0.05) is 38.0 Å². The number of nitrogens with zero attached hydrogens (tertiary/aromatic N) is 2. The van der Waals surface area contributed by atoms with E-state index in [9.17, 15) is 19.7 Å². The lowest BCUT2D eigenvalue weighted by Crippen LogP contribution is -2.33. The van der Waals surface area contributed by atoms with E-state index in [2.05, 4.69) is 5.32 Å². The molecule has 0 aliphatic carbocycles. The topological polar surface area (TPSA) is 120 Å². The first-order valence-corrected chi connectivity index (χ1v) is 10.1. The number of anilines is 2. The summed E-state index contributed by atoms with van der Waals surface area (Å²) in [7, 11) is 2.89. The second kappa shape index (κ2) is 10.1. The van der Waals surface area contributed by atoms with E-state index in [0.717, 1.165) is 24.1 Å². The molecular weight excluding hydrogens is 418 g/mol. The molecule has 0 spiro atoms. The second-order valence-electron chi connectivity index (χ2n) is 7.19. The van der Waals surface area contributed by atoms with Crippen LogP contribution in [0, 0.1) is 10.1 Å². The number of fused-ring (bicyclic) bond motifs is 1. The molecule has 1 N–H and O–H groups in total. The van der Waals surface area contributed by atoms with Crippen LogP contribution in [-0.4, -0.2) is 50.7 Å². The number of nitro benzene ring substituents is 1. The van der Waals surface area contributed by atoms with Crippen molar-refractivity contribution in [2.45, 2.75) is 19.8 Å². The molecule has 0 unspecified atom stereocenters. The molecule has 10 heteroatoms. The first-order valence-electron chi connectivity index (χ1n) is 10.1. The fraction of sp³-hybridized carbons (Fsp3) is 0.364. The molecule has 0 saturated heterocycles. The molecule has 32 heavy (non-hydrogen) atoms. The molecule has 1 aliphatic heterocycles. The number of carbonyl (C=O) groups excluding carboxylic acids is 2. The van der Waals surface area contributed by atoms with Crippen molar-refractivity contribution in [1.82, 2.24) is 0 Å². The number of aryl methyl sites for hydroxylation is 1. The third-order valence-electron chi connectivity index (χ3n) is 5.10. The van der Waals surface area contributed by atoms with Crippen LogP contribution in [-0.2, 0) is 16.0 Å². The van der Waals surface area contributed by atoms with Gasteiger partial charge in [0.2, 0.25) is 5.91 Å². The molecule has 0 bridgehead atoms. The van der Waals surface area contributed by atoms with Gasteiger partial charge in [0.25, 0.3) is 11.6 Å². The molecule has 10 nitrogen and oxygen atoms in total. The van der Waals surface area contributed by atoms with Crippen molar-refractivity contribution >= 4 is 28.9 Å². The molecule has 0 saturated carbocycles. The van der Waals surface area contributed by atoms with Gasteiger partial charge < -0.3 is 24.4 Å². The van der Waals surface area contributed by atoms with Crippen LogP contribution in [0.1, 0.15) is 29.3 Å². The lowest BCUT2D eigenvalue weighted by molar-refractivity contribution is -0.385. The lowest BCUT2D eigenvalue weighted by atomic mass is 10.0. The van der Waals surface area contributed by atoms with E-state index >= 15 is 0 Å². The Labute approximate surface area is 185 Å². The van der Waals surface area contributed by atoms with Crippen LogP contribution in [0.3, 0.4) is 0 Å². The average Bonchev–Trinajstić information content (AvgIpc) is 2.78. The zero-order chi connectivity index (χ0) is 23.3. The van der Waals surface area contributed by atoms with E-state index in [4.69, 9.17) is 14.2 Å². The van der Waals surface area contributed by atoms with Gasteiger partial charge in [0.15, 0.2) is 11.5 Å². The summed E-state index contributed by atoms with van der Waals surface area (Å²) in [6, 6.07) is 7.68. The lowest BCUT2D eigenvalue weighted by Gasteiger charge is -2.29. The standard InChI is InChI=1S/C22H25N3O7/c1-14(26)24-8-4-5-15-11-16(6-7-18(15)24)23-22(27)17-12-20(31-3)21(32-10-9-30-2)13-19(17)25(28)29/h6-7,11-13H,4-5,8-10H2,1-3H3,(H,23,27). The van der Waals surface area contributed by atoms with Crippen LogP contribution in [0.15, 0.2) is 30.3 Å². The van der Waals surface area contributed by atoms with Gasteiger partial charge in [-0.15, -0.1) is 0 Å². The Hall–Kier alpha value is -3.66. The Morgan fingerprint density at radius 3 is 2.59 bits per heavy atom. The maximum absolute atomic E-state index is 12.9. The van der Waals surface area contributed by atoms with Crippen LogP contribution in [0.25, 0.3) is 0 Å². The number of nitro groups is 1. The Morgan fingerprint density at radius 2 is 1.94 bits per heavy atom. The van der Waals surface area contributed by atoms with Crippen LogP contribution in [0.2, 0.25) is 0 Å². The normalized spacial score (nSPS) is 12.7. The van der Waals surface area contributed by atoms with E-state index in [0.29, 0.717) is 18.8 Å². The zero-order valence-corrected chi connectivity index (χ0v) is 18.2. The summed E-state index contributed by atoms with van der Waals surface area (Å²) in [6.45, 7) is 2.62. The van der Waals surface area contributed by atoms with Crippen molar-refractivity contribution < 1.29 is 28.7 Å². The Balaban J connectivity index is 1.88. The summed E-state index contributed by atoms with van der Waals surface area (Å²) >= 11 is 0. The summed E-state index contributed by atoms with van der Waals surface area (Å²) in [5.74, 6) is -0.360. The van der Waals surface area contributed by atoms with Gasteiger partial charge in [-0.1, -0.05) is 0 Å². The van der Waals surface area contributed by atoms with Crippen molar-refractivity contribution in [3.05, 3.63) is 51.6 Å². The van der Waals surface area contributed by atoms with Crippen molar-refractivity contribution in [3.63, 3.8) is 0 Å². The first-order chi connectivity index (χ1) is 15.3. The highest BCUT2D eigenvalue weighted by atomic mass is 16.6. The number of carbonyl (C=O) groups is 2. The maximum Gasteiger partial charge on any atom is 0.286 e. The summed E-state index contributed by atoms with van der Waals surface area (Å²) in [6.07, 6.45) is 1.58. The van der Waals surface area contributed by atoms with Gasteiger partial charge in [-0.25, -0.2) is 0 Å². The number of methoxy groups -OCH3 is 2. The monoisotopic (exact) mass is 443 g/mol. The smallest absolute Gasteiger partial charge is 0.286 e. The fourth-order valence-corrected chi connectivity index (χ4v) is 3.59. The Kier molecular flexibility index (Phi) is 7.26. The third-order valence-corrected chi connectivity index (χ3v) is 5.10. The minimum atomic E-state index is -0.655. The summed E-state index contributed by atoms with van der Waals surface area (Å²) in [5.41, 5.74) is 1.66. The number of nitrogens with one attached hydrogen (secondary N) is 1. The van der Waals surface area contributed by atoms with E-state index in [1.54, 1.807) is 23.1 Å². The number of rotatable bonds is 8. The molecule has 0 aromatic heterocycles. The minimum Gasteiger partial charge on any atom is -0.493 e. The number of hydrogen-bond donors (Lipinski definition) is 1. The Bertz CT molecular complexity index is 1040. The highest BCUT2D eigenvalue weighted by Gasteiger charge is 2.26. The first kappa shape index (κ1) is 23.0. The Morgan fingerprint density at radius 1 is 1.16 bits per heavy atom. The van der Waals surface area contributed by atoms with E-state index in [-0.39, 0.29) is 29.6 Å².